The van der Waals surface area contributed by atoms with Crippen LogP contribution in [0.1, 0.15) is 34.8 Å². The van der Waals surface area contributed by atoms with Crippen LogP contribution in [0.25, 0.3) is 0 Å². The zero-order valence-electron chi connectivity index (χ0n) is 10.0. The Bertz CT molecular complexity index is 760. The number of nitrogens with one attached hydrogen (secondary N) is 2. The number of aromatic amines is 1. The molecule has 0 amide bonds. The summed E-state index contributed by atoms with van der Waals surface area (Å²) in [5.41, 5.74) is 0.465. The Balaban J connectivity index is 1.87. The van der Waals surface area contributed by atoms with Gasteiger partial charge in [0.05, 0.1) is 11.9 Å². The van der Waals surface area contributed by atoms with Gasteiger partial charge in [0.15, 0.2) is 10.2 Å². The molecule has 106 valence electrons. The zero-order chi connectivity index (χ0) is 14.3. The van der Waals surface area contributed by atoms with Gasteiger partial charge in [-0.15, -0.1) is 11.3 Å². The predicted octanol–water partition coefficient (Wildman–Crippen LogP) is 1.24. The molecule has 1 fully saturated rings. The molecule has 1 aliphatic carbocycles. The van der Waals surface area contributed by atoms with E-state index >= 15 is 0 Å². The molecule has 10 heteroatoms. The third-order valence-electron chi connectivity index (χ3n) is 2.84. The van der Waals surface area contributed by atoms with E-state index in [9.17, 15) is 13.2 Å². The molecule has 1 aliphatic rings. The van der Waals surface area contributed by atoms with E-state index in [1.165, 1.54) is 11.3 Å². The highest BCUT2D eigenvalue weighted by Gasteiger charge is 2.28. The Hall–Kier alpha value is -1.94. The third kappa shape index (κ3) is 2.39. The zero-order valence-corrected chi connectivity index (χ0v) is 11.7. The van der Waals surface area contributed by atoms with E-state index in [1.54, 1.807) is 5.38 Å². The summed E-state index contributed by atoms with van der Waals surface area (Å²) in [5, 5.41) is 16.1. The normalized spacial score (nSPS) is 15.2. The van der Waals surface area contributed by atoms with E-state index in [0.717, 1.165) is 24.7 Å². The number of carbonyl (C=O) groups is 1. The van der Waals surface area contributed by atoms with Gasteiger partial charge in [0, 0.05) is 11.3 Å². The molecule has 2 aromatic heterocycles. The highest BCUT2D eigenvalue weighted by atomic mass is 32.2. The van der Waals surface area contributed by atoms with Crippen molar-refractivity contribution in [2.45, 2.75) is 23.8 Å². The molecule has 2 aromatic rings. The number of H-pyrrole nitrogens is 1. The fourth-order valence-electron chi connectivity index (χ4n) is 1.70. The number of nitrogens with zero attached hydrogens (tertiary/aromatic N) is 2. The van der Waals surface area contributed by atoms with Gasteiger partial charge >= 0.3 is 5.97 Å². The molecule has 0 unspecified atom stereocenters. The molecule has 0 aliphatic heterocycles. The van der Waals surface area contributed by atoms with Gasteiger partial charge in [-0.25, -0.2) is 9.78 Å². The molecule has 0 saturated heterocycles. The molecule has 1 saturated carbocycles. The summed E-state index contributed by atoms with van der Waals surface area (Å²) in [5.74, 6) is -0.942. The number of carboxylic acid groups (broad SMARTS) is 1. The van der Waals surface area contributed by atoms with Crippen LogP contribution < -0.4 is 4.72 Å². The second-order valence-electron chi connectivity index (χ2n) is 4.38. The van der Waals surface area contributed by atoms with Crippen LogP contribution in [0.3, 0.4) is 0 Å². The molecular weight excluding hydrogens is 304 g/mol. The third-order valence-corrected chi connectivity index (χ3v) is 5.06. The molecule has 8 nitrogen and oxygen atoms in total. The molecule has 20 heavy (non-hydrogen) atoms. The summed E-state index contributed by atoms with van der Waals surface area (Å²) in [7, 11) is -4.04. The van der Waals surface area contributed by atoms with Crippen molar-refractivity contribution in [2.75, 3.05) is 4.72 Å². The number of thiazole rings is 1. The maximum atomic E-state index is 12.1. The lowest BCUT2D eigenvalue weighted by molar-refractivity contribution is 0.0692. The molecule has 0 spiro atoms. The van der Waals surface area contributed by atoms with Crippen molar-refractivity contribution in [1.82, 2.24) is 15.2 Å². The van der Waals surface area contributed by atoms with Crippen molar-refractivity contribution >= 4 is 32.5 Å². The predicted molar refractivity (Wildman–Crippen MR) is 70.4 cm³/mol. The van der Waals surface area contributed by atoms with E-state index in [1.807, 2.05) is 0 Å². The fourth-order valence-corrected chi connectivity index (χ4v) is 3.83. The summed E-state index contributed by atoms with van der Waals surface area (Å²) < 4.78 is 26.5. The van der Waals surface area contributed by atoms with Crippen molar-refractivity contribution < 1.29 is 18.3 Å². The lowest BCUT2D eigenvalue weighted by Crippen LogP contribution is -2.16. The largest absolute Gasteiger partial charge is 0.478 e. The summed E-state index contributed by atoms with van der Waals surface area (Å²) in [6.07, 6.45) is 3.09. The number of anilines is 1. The van der Waals surface area contributed by atoms with Gasteiger partial charge in [-0.3, -0.25) is 9.82 Å². The monoisotopic (exact) mass is 314 g/mol. The van der Waals surface area contributed by atoms with Crippen molar-refractivity contribution in [2.24, 2.45) is 0 Å². The van der Waals surface area contributed by atoms with Crippen LogP contribution in [0, 0.1) is 0 Å². The van der Waals surface area contributed by atoms with Gasteiger partial charge in [0.25, 0.3) is 10.0 Å². The van der Waals surface area contributed by atoms with Crippen LogP contribution in [0.5, 0.6) is 0 Å². The van der Waals surface area contributed by atoms with Crippen molar-refractivity contribution in [3.8, 4) is 0 Å². The van der Waals surface area contributed by atoms with E-state index in [4.69, 9.17) is 5.11 Å². The van der Waals surface area contributed by atoms with Crippen LogP contribution in [0.15, 0.2) is 16.6 Å². The average Bonchev–Trinajstić information content (AvgIpc) is 2.91. The topological polar surface area (TPSA) is 125 Å². The molecule has 0 atom stereocenters. The summed E-state index contributed by atoms with van der Waals surface area (Å²) in [4.78, 5) is 15.1. The second-order valence-corrected chi connectivity index (χ2v) is 6.85. The Morgan fingerprint density at radius 2 is 2.25 bits per heavy atom. The van der Waals surface area contributed by atoms with Gasteiger partial charge in [0.2, 0.25) is 0 Å². The lowest BCUT2D eigenvalue weighted by Gasteiger charge is -2.03. The van der Waals surface area contributed by atoms with Crippen LogP contribution in [0.4, 0.5) is 5.13 Å². The maximum absolute atomic E-state index is 12.1. The number of hydrogen-bond donors (Lipinski definition) is 3. The Kier molecular flexibility index (Phi) is 2.98. The van der Waals surface area contributed by atoms with Gasteiger partial charge < -0.3 is 5.11 Å². The minimum absolute atomic E-state index is 0.220. The molecule has 3 rings (SSSR count). The van der Waals surface area contributed by atoms with E-state index in [0.29, 0.717) is 5.92 Å². The van der Waals surface area contributed by atoms with Crippen LogP contribution >= 0.6 is 11.3 Å². The number of carboxylic acids is 1. The Morgan fingerprint density at radius 3 is 2.90 bits per heavy atom. The van der Waals surface area contributed by atoms with E-state index in [-0.39, 0.29) is 5.13 Å². The summed E-state index contributed by atoms with van der Waals surface area (Å²) in [6.45, 7) is 0. The van der Waals surface area contributed by atoms with Crippen LogP contribution in [0.2, 0.25) is 0 Å². The van der Waals surface area contributed by atoms with Gasteiger partial charge in [-0.05, 0) is 12.8 Å². The lowest BCUT2D eigenvalue weighted by atomic mass is 10.3. The highest BCUT2D eigenvalue weighted by Crippen LogP contribution is 2.41. The Labute approximate surface area is 117 Å². The quantitative estimate of drug-likeness (QED) is 0.762. The standard InChI is InChI=1S/C10H10N4O4S2/c15-9(16)6-3-11-13-8(6)20(17,18)14-10-12-7(4-19-10)5-1-2-5/h3-5H,1-2H2,(H,11,13)(H,12,14)(H,15,16). The summed E-state index contributed by atoms with van der Waals surface area (Å²) in [6, 6.07) is 0. The van der Waals surface area contributed by atoms with E-state index < -0.39 is 26.6 Å². The smallest absolute Gasteiger partial charge is 0.340 e. The first-order valence-electron chi connectivity index (χ1n) is 5.72. The minimum atomic E-state index is -4.04. The second kappa shape index (κ2) is 4.56. The number of sulfonamides is 1. The van der Waals surface area contributed by atoms with Crippen LogP contribution in [-0.4, -0.2) is 34.7 Å². The number of aromatic nitrogens is 3. The average molecular weight is 314 g/mol. The molecular formula is C10H10N4O4S2. The molecule has 2 heterocycles. The van der Waals surface area contributed by atoms with E-state index in [2.05, 4.69) is 19.9 Å². The number of rotatable bonds is 5. The Morgan fingerprint density at radius 1 is 1.50 bits per heavy atom. The summed E-state index contributed by atoms with van der Waals surface area (Å²) >= 11 is 1.17. The van der Waals surface area contributed by atoms with Crippen molar-refractivity contribution in [1.29, 1.82) is 0 Å². The van der Waals surface area contributed by atoms with Gasteiger partial charge in [-0.1, -0.05) is 0 Å². The molecule has 0 bridgehead atoms. The minimum Gasteiger partial charge on any atom is -0.478 e. The number of hydrogen-bond acceptors (Lipinski definition) is 6. The number of aromatic carboxylic acids is 1. The SMILES string of the molecule is O=C(O)c1cn[nH]c1S(=O)(=O)Nc1nc(C2CC2)cs1. The fraction of sp³-hybridized carbons (Fsp3) is 0.300. The highest BCUT2D eigenvalue weighted by molar-refractivity contribution is 7.92. The van der Waals surface area contributed by atoms with Gasteiger partial charge in [0.1, 0.15) is 5.56 Å². The molecule has 0 aromatic carbocycles. The first-order valence-corrected chi connectivity index (χ1v) is 8.08. The van der Waals surface area contributed by atoms with Crippen molar-refractivity contribution in [3.05, 3.63) is 22.8 Å². The maximum Gasteiger partial charge on any atom is 0.340 e. The molecule has 0 radical (unpaired) electrons. The molecule has 3 N–H and O–H groups in total. The van der Waals surface area contributed by atoms with Crippen molar-refractivity contribution in [3.63, 3.8) is 0 Å². The van der Waals surface area contributed by atoms with Gasteiger partial charge in [-0.2, -0.15) is 13.5 Å². The van der Waals surface area contributed by atoms with Crippen LogP contribution in [-0.2, 0) is 10.0 Å². The first-order chi connectivity index (χ1) is 9.47. The first kappa shape index (κ1) is 13.1.